The van der Waals surface area contributed by atoms with Gasteiger partial charge in [-0.3, -0.25) is 18.7 Å². The van der Waals surface area contributed by atoms with Crippen molar-refractivity contribution in [3.63, 3.8) is 0 Å². The molecule has 2 aromatic heterocycles. The van der Waals surface area contributed by atoms with E-state index in [0.717, 1.165) is 10.1 Å². The van der Waals surface area contributed by atoms with Gasteiger partial charge in [0.25, 0.3) is 5.56 Å². The second-order valence-electron chi connectivity index (χ2n) is 8.54. The molecule has 200 valence electrons. The smallest absolute Gasteiger partial charge is 0.466 e. The van der Waals surface area contributed by atoms with Gasteiger partial charge in [-0.2, -0.15) is 0 Å². The molecule has 8 nitrogen and oxygen atoms in total. The highest BCUT2D eigenvalue weighted by molar-refractivity contribution is 6.30. The van der Waals surface area contributed by atoms with E-state index in [-0.39, 0.29) is 31.6 Å². The molecule has 0 aliphatic carbocycles. The molecular weight excluding hydrogens is 527 g/mol. The summed E-state index contributed by atoms with van der Waals surface area (Å²) in [7, 11) is 1.51. The van der Waals surface area contributed by atoms with Crippen LogP contribution in [0.5, 0.6) is 5.75 Å². The monoisotopic (exact) mass is 549 g/mol. The Labute approximate surface area is 219 Å². The summed E-state index contributed by atoms with van der Waals surface area (Å²) < 4.78 is 51.6. The zero-order valence-corrected chi connectivity index (χ0v) is 21.2. The molecule has 12 heteroatoms. The van der Waals surface area contributed by atoms with Crippen LogP contribution in [0.4, 0.5) is 13.2 Å². The number of carbonyl (C=O) groups excluding carboxylic acids is 1. The zero-order chi connectivity index (χ0) is 27.6. The van der Waals surface area contributed by atoms with Crippen molar-refractivity contribution >= 4 is 28.6 Å². The Balaban J connectivity index is 1.90. The molecule has 0 N–H and O–H groups in total. The van der Waals surface area contributed by atoms with Crippen LogP contribution in [0.3, 0.4) is 0 Å². The van der Waals surface area contributed by atoms with Crippen molar-refractivity contribution in [1.82, 2.24) is 13.7 Å². The molecule has 0 saturated heterocycles. The molecule has 38 heavy (non-hydrogen) atoms. The molecule has 0 spiro atoms. The van der Waals surface area contributed by atoms with Crippen LogP contribution < -0.4 is 16.0 Å². The number of alkyl halides is 3. The highest BCUT2D eigenvalue weighted by atomic mass is 35.5. The highest BCUT2D eigenvalue weighted by Crippen LogP contribution is 2.31. The first-order valence-corrected chi connectivity index (χ1v) is 11.9. The lowest BCUT2D eigenvalue weighted by molar-refractivity contribution is -0.274. The van der Waals surface area contributed by atoms with Gasteiger partial charge in [-0.05, 0) is 42.3 Å². The minimum absolute atomic E-state index is 0.00505. The summed E-state index contributed by atoms with van der Waals surface area (Å²) in [5, 5.41) is 0.515. The SMILES string of the molecule is CC(=O)OCCCn1c(=O)c2c(cc(-c3cccc(OC(F)(F)F)c3)n2Cc2ccc(Cl)cc2)n(C)c1=O. The van der Waals surface area contributed by atoms with Crippen LogP contribution in [0, 0.1) is 0 Å². The highest BCUT2D eigenvalue weighted by Gasteiger charge is 2.31. The molecular formula is C26H23ClF3N3O5. The van der Waals surface area contributed by atoms with Gasteiger partial charge < -0.3 is 14.0 Å². The molecule has 0 aliphatic rings. The number of ether oxygens (including phenoxy) is 2. The maximum absolute atomic E-state index is 13.6. The number of esters is 1. The third-order valence-corrected chi connectivity index (χ3v) is 6.10. The van der Waals surface area contributed by atoms with E-state index in [1.807, 2.05) is 0 Å². The summed E-state index contributed by atoms with van der Waals surface area (Å²) in [6, 6.07) is 13.9. The molecule has 0 unspecified atom stereocenters. The fourth-order valence-electron chi connectivity index (χ4n) is 4.18. The second kappa shape index (κ2) is 10.8. The molecule has 0 saturated carbocycles. The number of halogens is 4. The van der Waals surface area contributed by atoms with Gasteiger partial charge in [-0.25, -0.2) is 4.79 Å². The average Bonchev–Trinajstić information content (AvgIpc) is 3.22. The second-order valence-corrected chi connectivity index (χ2v) is 8.98. The van der Waals surface area contributed by atoms with E-state index < -0.39 is 29.3 Å². The lowest BCUT2D eigenvalue weighted by Gasteiger charge is -2.14. The summed E-state index contributed by atoms with van der Waals surface area (Å²) in [5.74, 6) is -0.894. The minimum atomic E-state index is -4.88. The molecule has 0 aliphatic heterocycles. The molecule has 0 bridgehead atoms. The van der Waals surface area contributed by atoms with Crippen molar-refractivity contribution in [2.75, 3.05) is 6.61 Å². The van der Waals surface area contributed by atoms with Crippen LogP contribution in [-0.2, 0) is 29.7 Å². The Morgan fingerprint density at radius 1 is 1.03 bits per heavy atom. The van der Waals surface area contributed by atoms with Gasteiger partial charge in [0, 0.05) is 37.6 Å². The Hall–Kier alpha value is -3.99. The standard InChI is InChI=1S/C26H23ClF3N3O5/c1-16(34)37-12-4-11-32-24(35)23-22(31(2)25(32)36)14-21(33(23)15-17-7-9-19(27)10-8-17)18-5-3-6-20(13-18)38-26(28,29)30/h3,5-10,13-14H,4,11-12,15H2,1-2H3. The van der Waals surface area contributed by atoms with Crippen LogP contribution in [0.1, 0.15) is 18.9 Å². The first-order valence-electron chi connectivity index (χ1n) is 11.5. The summed E-state index contributed by atoms with van der Waals surface area (Å²) in [4.78, 5) is 37.7. The fourth-order valence-corrected chi connectivity index (χ4v) is 4.30. The lowest BCUT2D eigenvalue weighted by Crippen LogP contribution is -2.39. The van der Waals surface area contributed by atoms with Gasteiger partial charge >= 0.3 is 18.0 Å². The van der Waals surface area contributed by atoms with Gasteiger partial charge in [0.2, 0.25) is 0 Å². The Morgan fingerprint density at radius 2 is 1.74 bits per heavy atom. The van der Waals surface area contributed by atoms with Gasteiger partial charge in [-0.15, -0.1) is 13.2 Å². The topological polar surface area (TPSA) is 84.5 Å². The maximum Gasteiger partial charge on any atom is 0.573 e. The minimum Gasteiger partial charge on any atom is -0.466 e. The molecule has 0 atom stereocenters. The molecule has 4 aromatic rings. The van der Waals surface area contributed by atoms with Crippen molar-refractivity contribution < 1.29 is 27.4 Å². The van der Waals surface area contributed by atoms with E-state index in [0.29, 0.717) is 21.8 Å². The number of aryl methyl sites for hydroxylation is 1. The lowest BCUT2D eigenvalue weighted by atomic mass is 10.1. The maximum atomic E-state index is 13.6. The molecule has 0 radical (unpaired) electrons. The number of nitrogens with zero attached hydrogens (tertiary/aromatic N) is 3. The molecule has 4 rings (SSSR count). The van der Waals surface area contributed by atoms with Gasteiger partial charge in [0.1, 0.15) is 11.3 Å². The number of aromatic nitrogens is 3. The van der Waals surface area contributed by atoms with Crippen LogP contribution in [0.25, 0.3) is 22.3 Å². The van der Waals surface area contributed by atoms with E-state index in [2.05, 4.69) is 4.74 Å². The number of fused-ring (bicyclic) bond motifs is 1. The molecule has 0 fully saturated rings. The van der Waals surface area contributed by atoms with E-state index in [1.165, 1.54) is 36.7 Å². The Morgan fingerprint density at radius 3 is 2.39 bits per heavy atom. The summed E-state index contributed by atoms with van der Waals surface area (Å²) in [6.07, 6.45) is -4.64. The van der Waals surface area contributed by atoms with Gasteiger partial charge in [0.05, 0.1) is 17.8 Å². The number of hydrogen-bond donors (Lipinski definition) is 0. The largest absolute Gasteiger partial charge is 0.573 e. The van der Waals surface area contributed by atoms with E-state index >= 15 is 0 Å². The van der Waals surface area contributed by atoms with Crippen LogP contribution in [0.2, 0.25) is 5.02 Å². The summed E-state index contributed by atoms with van der Waals surface area (Å²) >= 11 is 6.01. The van der Waals surface area contributed by atoms with Crippen LogP contribution in [0.15, 0.2) is 64.2 Å². The number of carbonyl (C=O) groups is 1. The normalized spacial score (nSPS) is 11.6. The van der Waals surface area contributed by atoms with Crippen molar-refractivity contribution in [3.05, 3.63) is 86.0 Å². The van der Waals surface area contributed by atoms with Crippen molar-refractivity contribution in [2.24, 2.45) is 7.05 Å². The average molecular weight is 550 g/mol. The third kappa shape index (κ3) is 5.94. The van der Waals surface area contributed by atoms with E-state index in [9.17, 15) is 27.6 Å². The third-order valence-electron chi connectivity index (χ3n) is 5.85. The molecule has 2 heterocycles. The zero-order valence-electron chi connectivity index (χ0n) is 20.4. The summed E-state index contributed by atoms with van der Waals surface area (Å²) in [5.41, 5.74) is 0.876. The van der Waals surface area contributed by atoms with E-state index in [4.69, 9.17) is 16.3 Å². The molecule has 2 aromatic carbocycles. The summed E-state index contributed by atoms with van der Waals surface area (Å²) in [6.45, 7) is 1.47. The Bertz CT molecular complexity index is 1600. The number of benzene rings is 2. The first kappa shape index (κ1) is 27.1. The first-order chi connectivity index (χ1) is 17.9. The van der Waals surface area contributed by atoms with Crippen LogP contribution >= 0.6 is 11.6 Å². The molecule has 0 amide bonds. The number of hydrogen-bond acceptors (Lipinski definition) is 5. The predicted octanol–water partition coefficient (Wildman–Crippen LogP) is 4.72. The van der Waals surface area contributed by atoms with Crippen LogP contribution in [-0.4, -0.2) is 32.6 Å². The van der Waals surface area contributed by atoms with Crippen molar-refractivity contribution in [3.8, 4) is 17.0 Å². The number of rotatable bonds is 8. The van der Waals surface area contributed by atoms with E-state index in [1.54, 1.807) is 41.0 Å². The quantitative estimate of drug-likeness (QED) is 0.234. The fraction of sp³-hybridized carbons (Fsp3) is 0.269. The predicted molar refractivity (Wildman–Crippen MR) is 135 cm³/mol. The van der Waals surface area contributed by atoms with Crippen molar-refractivity contribution in [1.29, 1.82) is 0 Å². The van der Waals surface area contributed by atoms with Crippen molar-refractivity contribution in [2.45, 2.75) is 32.8 Å². The van der Waals surface area contributed by atoms with Gasteiger partial charge in [-0.1, -0.05) is 35.9 Å². The van der Waals surface area contributed by atoms with Gasteiger partial charge in [0.15, 0.2) is 0 Å². The Kier molecular flexibility index (Phi) is 7.68.